The first kappa shape index (κ1) is 16.8. The highest BCUT2D eigenvalue weighted by Crippen LogP contribution is 2.26. The molecule has 26 heavy (non-hydrogen) atoms. The molecule has 0 saturated carbocycles. The number of hydrogen-bond acceptors (Lipinski definition) is 4. The van der Waals surface area contributed by atoms with Crippen molar-refractivity contribution in [2.24, 2.45) is 0 Å². The van der Waals surface area contributed by atoms with Crippen LogP contribution >= 0.6 is 0 Å². The highest BCUT2D eigenvalue weighted by Gasteiger charge is 2.19. The van der Waals surface area contributed by atoms with Gasteiger partial charge in [-0.2, -0.15) is 5.10 Å². The van der Waals surface area contributed by atoms with Crippen LogP contribution in [0, 0.1) is 11.0 Å². The number of fused-ring (bicyclic) bond motifs is 1. The summed E-state index contributed by atoms with van der Waals surface area (Å²) < 4.78 is 14.3. The second-order valence-corrected chi connectivity index (χ2v) is 6.76. The number of rotatable bonds is 4. The number of aromatic amines is 1. The minimum Gasteiger partial charge on any atom is -0.630 e. The number of nitrogens with zero attached hydrogens (tertiary/aromatic N) is 2. The standard InChI is InChI=1S/C19H22FN5O/c20-17-11-16(24-26)4-6-19(17)25-8-1-2-14(7-9-25)22-15-3-5-18-13(10-15)12-21-23-18/h3-6,10-12,14,22H,1-2,7-9,24H2,(H,21,23). The first-order valence-corrected chi connectivity index (χ1v) is 8.92. The molecular weight excluding hydrogens is 333 g/mol. The van der Waals surface area contributed by atoms with Gasteiger partial charge in [-0.1, -0.05) is 0 Å². The fourth-order valence-corrected chi connectivity index (χ4v) is 3.60. The van der Waals surface area contributed by atoms with Crippen molar-refractivity contribution in [3.63, 3.8) is 0 Å². The average molecular weight is 355 g/mol. The zero-order chi connectivity index (χ0) is 17.9. The number of quaternary nitrogens is 1. The number of H-pyrrole nitrogens is 1. The molecule has 3 aromatic rings. The summed E-state index contributed by atoms with van der Waals surface area (Å²) in [7, 11) is 0. The van der Waals surface area contributed by atoms with E-state index in [0.29, 0.717) is 22.9 Å². The van der Waals surface area contributed by atoms with E-state index >= 15 is 0 Å². The van der Waals surface area contributed by atoms with Gasteiger partial charge >= 0.3 is 0 Å². The van der Waals surface area contributed by atoms with Crippen LogP contribution in [0.2, 0.25) is 0 Å². The number of nitrogens with two attached hydrogens (primary N) is 1. The summed E-state index contributed by atoms with van der Waals surface area (Å²) in [5.41, 5.74) is 3.73. The zero-order valence-electron chi connectivity index (χ0n) is 14.4. The second-order valence-electron chi connectivity index (χ2n) is 6.76. The molecule has 1 fully saturated rings. The summed E-state index contributed by atoms with van der Waals surface area (Å²) in [5.74, 6) is -0.327. The SMILES string of the molecule is [O-][NH2+]c1ccc(N2CCCC(Nc3ccc4[nH]ncc4c3)CC2)c(F)c1. The highest BCUT2D eigenvalue weighted by atomic mass is 19.1. The van der Waals surface area contributed by atoms with E-state index in [2.05, 4.69) is 32.5 Å². The minimum absolute atomic E-state index is 0.327. The summed E-state index contributed by atoms with van der Waals surface area (Å²) in [5, 5.41) is 22.5. The van der Waals surface area contributed by atoms with Gasteiger partial charge in [-0.15, -0.1) is 0 Å². The lowest BCUT2D eigenvalue weighted by Crippen LogP contribution is -2.70. The van der Waals surface area contributed by atoms with E-state index in [1.165, 1.54) is 6.07 Å². The quantitative estimate of drug-likeness (QED) is 0.496. The van der Waals surface area contributed by atoms with E-state index in [1.54, 1.807) is 12.1 Å². The van der Waals surface area contributed by atoms with Gasteiger partial charge in [0.15, 0.2) is 5.82 Å². The maximum atomic E-state index is 14.3. The third kappa shape index (κ3) is 3.49. The molecule has 2 heterocycles. The van der Waals surface area contributed by atoms with Crippen molar-refractivity contribution >= 4 is 28.0 Å². The third-order valence-electron chi connectivity index (χ3n) is 4.99. The van der Waals surface area contributed by atoms with Gasteiger partial charge in [0, 0.05) is 42.3 Å². The fraction of sp³-hybridized carbons (Fsp3) is 0.316. The van der Waals surface area contributed by atoms with Crippen molar-refractivity contribution in [1.29, 1.82) is 0 Å². The molecule has 0 bridgehead atoms. The Morgan fingerprint density at radius 2 is 2.12 bits per heavy atom. The van der Waals surface area contributed by atoms with Crippen LogP contribution in [-0.2, 0) is 0 Å². The van der Waals surface area contributed by atoms with Gasteiger partial charge in [0.05, 0.1) is 17.4 Å². The van der Waals surface area contributed by atoms with Crippen molar-refractivity contribution in [2.75, 3.05) is 23.3 Å². The molecule has 7 heteroatoms. The van der Waals surface area contributed by atoms with Gasteiger partial charge in [0.1, 0.15) is 5.69 Å². The van der Waals surface area contributed by atoms with E-state index < -0.39 is 0 Å². The number of benzene rings is 2. The van der Waals surface area contributed by atoms with Crippen molar-refractivity contribution in [3.05, 3.63) is 53.6 Å². The van der Waals surface area contributed by atoms with E-state index in [1.807, 2.05) is 12.3 Å². The third-order valence-corrected chi connectivity index (χ3v) is 4.99. The Bertz CT molecular complexity index is 897. The van der Waals surface area contributed by atoms with Crippen LogP contribution in [0.3, 0.4) is 0 Å². The lowest BCUT2D eigenvalue weighted by Gasteiger charge is -2.24. The van der Waals surface area contributed by atoms with E-state index in [-0.39, 0.29) is 5.82 Å². The van der Waals surface area contributed by atoms with Crippen LogP contribution in [-0.4, -0.2) is 29.3 Å². The van der Waals surface area contributed by atoms with E-state index in [9.17, 15) is 9.60 Å². The number of hydrogen-bond donors (Lipinski definition) is 3. The molecule has 1 aliphatic rings. The average Bonchev–Trinajstić information content (AvgIpc) is 3.00. The molecule has 6 nitrogen and oxygen atoms in total. The van der Waals surface area contributed by atoms with Gasteiger partial charge < -0.3 is 20.9 Å². The molecule has 0 radical (unpaired) electrons. The van der Waals surface area contributed by atoms with Crippen molar-refractivity contribution < 1.29 is 9.87 Å². The molecule has 136 valence electrons. The molecule has 4 rings (SSSR count). The monoisotopic (exact) mass is 355 g/mol. The van der Waals surface area contributed by atoms with Crippen molar-refractivity contribution in [1.82, 2.24) is 10.2 Å². The van der Waals surface area contributed by atoms with Crippen molar-refractivity contribution in [3.8, 4) is 0 Å². The van der Waals surface area contributed by atoms with Crippen LogP contribution in [0.15, 0.2) is 42.6 Å². The Hall–Kier alpha value is -2.64. The van der Waals surface area contributed by atoms with Gasteiger partial charge in [0.25, 0.3) is 0 Å². The summed E-state index contributed by atoms with van der Waals surface area (Å²) in [6.07, 6.45) is 4.77. The smallest absolute Gasteiger partial charge is 0.152 e. The lowest BCUT2D eigenvalue weighted by atomic mass is 10.1. The minimum atomic E-state index is -0.327. The van der Waals surface area contributed by atoms with Crippen molar-refractivity contribution in [2.45, 2.75) is 25.3 Å². The predicted molar refractivity (Wildman–Crippen MR) is 101 cm³/mol. The van der Waals surface area contributed by atoms with Gasteiger partial charge in [-0.3, -0.25) is 5.10 Å². The molecule has 0 spiro atoms. The maximum Gasteiger partial charge on any atom is 0.152 e. The predicted octanol–water partition coefficient (Wildman–Crippen LogP) is 2.87. The number of halogens is 1. The summed E-state index contributed by atoms with van der Waals surface area (Å²) in [6, 6.07) is 11.2. The van der Waals surface area contributed by atoms with Crippen LogP contribution in [0.1, 0.15) is 19.3 Å². The molecule has 1 aromatic heterocycles. The molecule has 1 aliphatic heterocycles. The molecule has 0 aliphatic carbocycles. The summed E-state index contributed by atoms with van der Waals surface area (Å²) in [6.45, 7) is 1.60. The first-order chi connectivity index (χ1) is 12.7. The molecule has 1 atom stereocenters. The largest absolute Gasteiger partial charge is 0.630 e. The number of anilines is 2. The van der Waals surface area contributed by atoms with Crippen LogP contribution in [0.5, 0.6) is 0 Å². The maximum absolute atomic E-state index is 14.3. The molecule has 4 N–H and O–H groups in total. The normalized spacial score (nSPS) is 18.1. The Labute approximate surface area is 151 Å². The Kier molecular flexibility index (Phi) is 4.73. The Morgan fingerprint density at radius 3 is 2.96 bits per heavy atom. The first-order valence-electron chi connectivity index (χ1n) is 8.92. The van der Waals surface area contributed by atoms with Crippen LogP contribution in [0.4, 0.5) is 21.5 Å². The molecular formula is C19H22FN5O. The molecule has 2 aromatic carbocycles. The molecule has 1 unspecified atom stereocenters. The molecule has 1 saturated heterocycles. The summed E-state index contributed by atoms with van der Waals surface area (Å²) >= 11 is 0. The highest BCUT2D eigenvalue weighted by molar-refractivity contribution is 5.81. The van der Waals surface area contributed by atoms with Gasteiger partial charge in [-0.05, 0) is 43.5 Å². The topological polar surface area (TPSA) is 83.6 Å². The summed E-state index contributed by atoms with van der Waals surface area (Å²) in [4.78, 5) is 2.07. The molecule has 0 amide bonds. The van der Waals surface area contributed by atoms with E-state index in [0.717, 1.165) is 48.9 Å². The van der Waals surface area contributed by atoms with Crippen LogP contribution in [0.25, 0.3) is 10.9 Å². The second kappa shape index (κ2) is 7.31. The van der Waals surface area contributed by atoms with Gasteiger partial charge in [0.2, 0.25) is 0 Å². The Morgan fingerprint density at radius 1 is 1.19 bits per heavy atom. The fourth-order valence-electron chi connectivity index (χ4n) is 3.60. The van der Waals surface area contributed by atoms with Crippen LogP contribution < -0.4 is 15.7 Å². The number of nitrogens with one attached hydrogen (secondary N) is 2. The van der Waals surface area contributed by atoms with E-state index in [4.69, 9.17) is 0 Å². The van der Waals surface area contributed by atoms with Gasteiger partial charge in [-0.25, -0.2) is 4.39 Å². The lowest BCUT2D eigenvalue weighted by molar-refractivity contribution is -0.497. The zero-order valence-corrected chi connectivity index (χ0v) is 14.4. The Balaban J connectivity index is 1.43. The number of aromatic nitrogens is 2.